The van der Waals surface area contributed by atoms with Gasteiger partial charge in [0.15, 0.2) is 6.10 Å². The number of rotatable bonds is 5. The molecule has 2 N–H and O–H groups in total. The van der Waals surface area contributed by atoms with Crippen LogP contribution >= 0.6 is 0 Å². The molecule has 1 aliphatic rings. The fourth-order valence-corrected chi connectivity index (χ4v) is 1.76. The monoisotopic (exact) mass is 248 g/mol. The first-order chi connectivity index (χ1) is 8.65. The third-order valence-corrected chi connectivity index (χ3v) is 3.13. The van der Waals surface area contributed by atoms with Gasteiger partial charge in [-0.3, -0.25) is 4.79 Å². The van der Waals surface area contributed by atoms with Crippen LogP contribution in [0.4, 0.5) is 0 Å². The summed E-state index contributed by atoms with van der Waals surface area (Å²) in [5.74, 6) is 1.25. The van der Waals surface area contributed by atoms with E-state index in [4.69, 9.17) is 4.74 Å². The van der Waals surface area contributed by atoms with Gasteiger partial charge in [0, 0.05) is 25.6 Å². The summed E-state index contributed by atoms with van der Waals surface area (Å²) in [6, 6.07) is 7.71. The normalized spacial score (nSPS) is 16.8. The summed E-state index contributed by atoms with van der Waals surface area (Å²) in [5.41, 5.74) is 1.18. The van der Waals surface area contributed by atoms with E-state index in [0.29, 0.717) is 5.92 Å². The molecule has 18 heavy (non-hydrogen) atoms. The summed E-state index contributed by atoms with van der Waals surface area (Å²) in [6.07, 6.45) is -0.458. The SMILES string of the molecule is Cc1ccc(OC(C)C(=O)NCC2CNC2)cc1. The highest BCUT2D eigenvalue weighted by Crippen LogP contribution is 2.13. The summed E-state index contributed by atoms with van der Waals surface area (Å²) in [7, 11) is 0. The van der Waals surface area contributed by atoms with Crippen molar-refractivity contribution in [3.8, 4) is 5.75 Å². The van der Waals surface area contributed by atoms with Gasteiger partial charge < -0.3 is 15.4 Å². The Kier molecular flexibility index (Phi) is 4.20. The van der Waals surface area contributed by atoms with E-state index in [1.807, 2.05) is 31.2 Å². The van der Waals surface area contributed by atoms with Crippen molar-refractivity contribution in [1.82, 2.24) is 10.6 Å². The van der Waals surface area contributed by atoms with Gasteiger partial charge in [0.25, 0.3) is 5.91 Å². The zero-order valence-electron chi connectivity index (χ0n) is 10.9. The summed E-state index contributed by atoms with van der Waals surface area (Å²) >= 11 is 0. The van der Waals surface area contributed by atoms with Crippen LogP contribution in [0.1, 0.15) is 12.5 Å². The van der Waals surface area contributed by atoms with Crippen LogP contribution in [0.3, 0.4) is 0 Å². The molecule has 0 radical (unpaired) electrons. The molecule has 0 spiro atoms. The predicted octanol–water partition coefficient (Wildman–Crippen LogP) is 1.10. The maximum atomic E-state index is 11.8. The largest absolute Gasteiger partial charge is 0.481 e. The van der Waals surface area contributed by atoms with Crippen molar-refractivity contribution < 1.29 is 9.53 Å². The number of ether oxygens (including phenoxy) is 1. The van der Waals surface area contributed by atoms with Gasteiger partial charge in [0.05, 0.1) is 0 Å². The molecule has 1 aliphatic heterocycles. The van der Waals surface area contributed by atoms with Gasteiger partial charge in [-0.1, -0.05) is 17.7 Å². The van der Waals surface area contributed by atoms with Crippen LogP contribution in [0.2, 0.25) is 0 Å². The molecule has 1 saturated heterocycles. The van der Waals surface area contributed by atoms with Crippen molar-refractivity contribution in [2.75, 3.05) is 19.6 Å². The van der Waals surface area contributed by atoms with E-state index in [1.165, 1.54) is 5.56 Å². The number of hydrogen-bond acceptors (Lipinski definition) is 3. The molecule has 4 nitrogen and oxygen atoms in total. The van der Waals surface area contributed by atoms with Crippen LogP contribution in [0, 0.1) is 12.8 Å². The molecule has 1 atom stereocenters. The van der Waals surface area contributed by atoms with Crippen molar-refractivity contribution in [3.05, 3.63) is 29.8 Å². The van der Waals surface area contributed by atoms with Crippen molar-refractivity contribution in [3.63, 3.8) is 0 Å². The van der Waals surface area contributed by atoms with Gasteiger partial charge in [0.2, 0.25) is 0 Å². The molecule has 0 bridgehead atoms. The first kappa shape index (κ1) is 12.9. The van der Waals surface area contributed by atoms with E-state index < -0.39 is 6.10 Å². The standard InChI is InChI=1S/C14H20N2O2/c1-10-3-5-13(6-4-10)18-11(2)14(17)16-9-12-7-15-8-12/h3-6,11-12,15H,7-9H2,1-2H3,(H,16,17). The van der Waals surface area contributed by atoms with Crippen LogP contribution in [0.25, 0.3) is 0 Å². The molecule has 1 fully saturated rings. The fraction of sp³-hybridized carbons (Fsp3) is 0.500. The van der Waals surface area contributed by atoms with Gasteiger partial charge in [-0.15, -0.1) is 0 Å². The molecule has 1 heterocycles. The second-order valence-corrected chi connectivity index (χ2v) is 4.84. The average Bonchev–Trinajstić information content (AvgIpc) is 2.30. The Morgan fingerprint density at radius 1 is 1.44 bits per heavy atom. The lowest BCUT2D eigenvalue weighted by molar-refractivity contribution is -0.127. The number of amides is 1. The summed E-state index contributed by atoms with van der Waals surface area (Å²) in [5, 5.41) is 6.09. The molecular formula is C14H20N2O2. The molecule has 1 aromatic carbocycles. The first-order valence-electron chi connectivity index (χ1n) is 6.37. The summed E-state index contributed by atoms with van der Waals surface area (Å²) in [4.78, 5) is 11.8. The number of aryl methyl sites for hydroxylation is 1. The predicted molar refractivity (Wildman–Crippen MR) is 70.6 cm³/mol. The van der Waals surface area contributed by atoms with E-state index in [-0.39, 0.29) is 5.91 Å². The van der Waals surface area contributed by atoms with Crippen molar-refractivity contribution in [2.45, 2.75) is 20.0 Å². The zero-order chi connectivity index (χ0) is 13.0. The summed E-state index contributed by atoms with van der Waals surface area (Å²) in [6.45, 7) is 6.51. The molecule has 0 aromatic heterocycles. The molecule has 0 aliphatic carbocycles. The molecule has 1 amide bonds. The lowest BCUT2D eigenvalue weighted by Crippen LogP contribution is -2.49. The Labute approximate surface area is 108 Å². The van der Waals surface area contributed by atoms with E-state index in [9.17, 15) is 4.79 Å². The molecule has 4 heteroatoms. The molecule has 98 valence electrons. The van der Waals surface area contributed by atoms with Gasteiger partial charge in [-0.2, -0.15) is 0 Å². The second kappa shape index (κ2) is 5.87. The minimum absolute atomic E-state index is 0.0533. The van der Waals surface area contributed by atoms with Gasteiger partial charge in [-0.25, -0.2) is 0 Å². The van der Waals surface area contributed by atoms with Gasteiger partial charge >= 0.3 is 0 Å². The average molecular weight is 248 g/mol. The number of carbonyl (C=O) groups is 1. The van der Waals surface area contributed by atoms with Crippen LogP contribution in [-0.4, -0.2) is 31.6 Å². The van der Waals surface area contributed by atoms with Crippen LogP contribution in [0.5, 0.6) is 5.75 Å². The summed E-state index contributed by atoms with van der Waals surface area (Å²) < 4.78 is 5.59. The van der Waals surface area contributed by atoms with Gasteiger partial charge in [0.1, 0.15) is 5.75 Å². The lowest BCUT2D eigenvalue weighted by atomic mass is 10.0. The highest BCUT2D eigenvalue weighted by atomic mass is 16.5. The Bertz CT molecular complexity index is 399. The van der Waals surface area contributed by atoms with Crippen molar-refractivity contribution in [2.24, 2.45) is 5.92 Å². The number of benzene rings is 1. The maximum Gasteiger partial charge on any atom is 0.260 e. The van der Waals surface area contributed by atoms with Crippen LogP contribution in [0.15, 0.2) is 24.3 Å². The van der Waals surface area contributed by atoms with E-state index in [1.54, 1.807) is 6.92 Å². The smallest absolute Gasteiger partial charge is 0.260 e. The van der Waals surface area contributed by atoms with E-state index >= 15 is 0 Å². The minimum atomic E-state index is -0.458. The van der Waals surface area contributed by atoms with Gasteiger partial charge in [-0.05, 0) is 26.0 Å². The van der Waals surface area contributed by atoms with Crippen molar-refractivity contribution in [1.29, 1.82) is 0 Å². The number of carbonyl (C=O) groups excluding carboxylic acids is 1. The first-order valence-corrected chi connectivity index (χ1v) is 6.37. The molecular weight excluding hydrogens is 228 g/mol. The molecule has 1 unspecified atom stereocenters. The Hall–Kier alpha value is -1.55. The van der Waals surface area contributed by atoms with E-state index in [2.05, 4.69) is 10.6 Å². The Morgan fingerprint density at radius 2 is 2.11 bits per heavy atom. The number of hydrogen-bond donors (Lipinski definition) is 2. The van der Waals surface area contributed by atoms with E-state index in [0.717, 1.165) is 25.4 Å². The molecule has 2 rings (SSSR count). The van der Waals surface area contributed by atoms with Crippen molar-refractivity contribution >= 4 is 5.91 Å². The number of nitrogens with one attached hydrogen (secondary N) is 2. The Morgan fingerprint density at radius 3 is 2.67 bits per heavy atom. The highest BCUT2D eigenvalue weighted by Gasteiger charge is 2.20. The maximum absolute atomic E-state index is 11.8. The topological polar surface area (TPSA) is 50.4 Å². The molecule has 1 aromatic rings. The third-order valence-electron chi connectivity index (χ3n) is 3.13. The quantitative estimate of drug-likeness (QED) is 0.820. The Balaban J connectivity index is 1.77. The highest BCUT2D eigenvalue weighted by molar-refractivity contribution is 5.80. The van der Waals surface area contributed by atoms with Crippen LogP contribution in [-0.2, 0) is 4.79 Å². The second-order valence-electron chi connectivity index (χ2n) is 4.84. The third kappa shape index (κ3) is 3.47. The lowest BCUT2D eigenvalue weighted by Gasteiger charge is -2.27. The zero-order valence-corrected chi connectivity index (χ0v) is 10.9. The van der Waals surface area contributed by atoms with Crippen LogP contribution < -0.4 is 15.4 Å². The molecule has 0 saturated carbocycles. The fourth-order valence-electron chi connectivity index (χ4n) is 1.76. The minimum Gasteiger partial charge on any atom is -0.481 e.